The predicted molar refractivity (Wildman–Crippen MR) is 63.2 cm³/mol. The van der Waals surface area contributed by atoms with Gasteiger partial charge in [-0.15, -0.1) is 0 Å². The monoisotopic (exact) mass is 240 g/mol. The van der Waals surface area contributed by atoms with Crippen LogP contribution in [0.3, 0.4) is 0 Å². The summed E-state index contributed by atoms with van der Waals surface area (Å²) < 4.78 is 10.5. The van der Waals surface area contributed by atoms with Gasteiger partial charge in [0, 0.05) is 17.9 Å². The number of carbonyl (C=O) groups excluding carboxylic acids is 2. The summed E-state index contributed by atoms with van der Waals surface area (Å²) in [6.45, 7) is 8.24. The molecule has 0 amide bonds. The molecule has 0 aromatic carbocycles. The molecule has 1 unspecified atom stereocenters. The number of hydrogen-bond donors (Lipinski definition) is 0. The van der Waals surface area contributed by atoms with Gasteiger partial charge in [0.25, 0.3) is 0 Å². The predicted octanol–water partition coefficient (Wildman–Crippen LogP) is 2.09. The van der Waals surface area contributed by atoms with Gasteiger partial charge in [0.2, 0.25) is 0 Å². The molecule has 0 N–H and O–H groups in total. The Bertz CT molecular complexity index is 341. The molecule has 96 valence electrons. The van der Waals surface area contributed by atoms with E-state index in [-0.39, 0.29) is 18.2 Å². The van der Waals surface area contributed by atoms with Crippen molar-refractivity contribution < 1.29 is 19.1 Å². The number of ether oxygens (including phenoxy) is 2. The van der Waals surface area contributed by atoms with E-state index in [1.165, 1.54) is 6.08 Å². The summed E-state index contributed by atoms with van der Waals surface area (Å²) in [4.78, 5) is 23.4. The maximum Gasteiger partial charge on any atom is 0.310 e. The SMILES string of the molecule is CCOC(=O)C1CC(=O)C=C(OCC)C1(C)C. The summed E-state index contributed by atoms with van der Waals surface area (Å²) in [7, 11) is 0. The van der Waals surface area contributed by atoms with Crippen LogP contribution in [0.4, 0.5) is 0 Å². The summed E-state index contributed by atoms with van der Waals surface area (Å²) in [5.41, 5.74) is -0.490. The van der Waals surface area contributed by atoms with Crippen LogP contribution in [0.5, 0.6) is 0 Å². The Kier molecular flexibility index (Phi) is 4.32. The third-order valence-electron chi connectivity index (χ3n) is 3.07. The van der Waals surface area contributed by atoms with Crippen molar-refractivity contribution in [3.63, 3.8) is 0 Å². The van der Waals surface area contributed by atoms with Crippen molar-refractivity contribution in [3.8, 4) is 0 Å². The molecule has 1 rings (SSSR count). The van der Waals surface area contributed by atoms with Crippen LogP contribution in [0.25, 0.3) is 0 Å². The van der Waals surface area contributed by atoms with Crippen LogP contribution in [-0.4, -0.2) is 25.0 Å². The zero-order valence-electron chi connectivity index (χ0n) is 10.9. The minimum absolute atomic E-state index is 0.0779. The van der Waals surface area contributed by atoms with E-state index in [1.807, 2.05) is 20.8 Å². The maximum absolute atomic E-state index is 11.9. The van der Waals surface area contributed by atoms with Crippen molar-refractivity contribution in [1.29, 1.82) is 0 Å². The molecular formula is C13H20O4. The van der Waals surface area contributed by atoms with Gasteiger partial charge in [-0.1, -0.05) is 13.8 Å². The third kappa shape index (κ3) is 2.87. The van der Waals surface area contributed by atoms with Gasteiger partial charge in [0.1, 0.15) is 5.76 Å². The lowest BCUT2D eigenvalue weighted by Crippen LogP contribution is -2.39. The zero-order chi connectivity index (χ0) is 13.1. The molecule has 0 aliphatic heterocycles. The minimum atomic E-state index is -0.490. The first kappa shape index (κ1) is 13.7. The zero-order valence-corrected chi connectivity index (χ0v) is 10.9. The van der Waals surface area contributed by atoms with Gasteiger partial charge in [-0.2, -0.15) is 0 Å². The molecule has 4 nitrogen and oxygen atoms in total. The molecule has 0 aromatic rings. The van der Waals surface area contributed by atoms with Crippen LogP contribution in [0, 0.1) is 11.3 Å². The molecule has 1 atom stereocenters. The molecule has 0 spiro atoms. The summed E-state index contributed by atoms with van der Waals surface area (Å²) >= 11 is 0. The van der Waals surface area contributed by atoms with Crippen molar-refractivity contribution >= 4 is 11.8 Å². The van der Waals surface area contributed by atoms with Crippen molar-refractivity contribution in [1.82, 2.24) is 0 Å². The fourth-order valence-corrected chi connectivity index (χ4v) is 2.02. The maximum atomic E-state index is 11.9. The lowest BCUT2D eigenvalue weighted by atomic mass is 9.71. The Balaban J connectivity index is 2.98. The molecule has 0 fully saturated rings. The lowest BCUT2D eigenvalue weighted by Gasteiger charge is -2.36. The first-order valence-corrected chi connectivity index (χ1v) is 5.97. The average molecular weight is 240 g/mol. The van der Waals surface area contributed by atoms with Gasteiger partial charge in [0.15, 0.2) is 5.78 Å². The number of esters is 1. The van der Waals surface area contributed by atoms with E-state index in [0.717, 1.165) is 0 Å². The van der Waals surface area contributed by atoms with E-state index in [2.05, 4.69) is 0 Å². The summed E-state index contributed by atoms with van der Waals surface area (Å²) in [6, 6.07) is 0. The summed E-state index contributed by atoms with van der Waals surface area (Å²) in [5, 5.41) is 0. The van der Waals surface area contributed by atoms with Crippen LogP contribution in [-0.2, 0) is 19.1 Å². The van der Waals surface area contributed by atoms with Crippen LogP contribution in [0.2, 0.25) is 0 Å². The van der Waals surface area contributed by atoms with E-state index in [4.69, 9.17) is 9.47 Å². The third-order valence-corrected chi connectivity index (χ3v) is 3.07. The topological polar surface area (TPSA) is 52.6 Å². The second-order valence-electron chi connectivity index (χ2n) is 4.64. The van der Waals surface area contributed by atoms with E-state index in [0.29, 0.717) is 19.0 Å². The van der Waals surface area contributed by atoms with Crippen molar-refractivity contribution in [2.75, 3.05) is 13.2 Å². The van der Waals surface area contributed by atoms with Crippen LogP contribution in [0.1, 0.15) is 34.1 Å². The molecule has 0 heterocycles. The van der Waals surface area contributed by atoms with Gasteiger partial charge in [-0.05, 0) is 13.8 Å². The first-order valence-electron chi connectivity index (χ1n) is 5.97. The molecule has 0 bridgehead atoms. The highest BCUT2D eigenvalue weighted by Crippen LogP contribution is 2.41. The van der Waals surface area contributed by atoms with Crippen LogP contribution in [0.15, 0.2) is 11.8 Å². The minimum Gasteiger partial charge on any atom is -0.497 e. The van der Waals surface area contributed by atoms with Gasteiger partial charge >= 0.3 is 5.97 Å². The fourth-order valence-electron chi connectivity index (χ4n) is 2.02. The van der Waals surface area contributed by atoms with Crippen molar-refractivity contribution in [2.24, 2.45) is 11.3 Å². The number of carbonyl (C=O) groups is 2. The number of ketones is 1. The number of hydrogen-bond acceptors (Lipinski definition) is 4. The smallest absolute Gasteiger partial charge is 0.310 e. The highest BCUT2D eigenvalue weighted by molar-refractivity contribution is 5.95. The quantitative estimate of drug-likeness (QED) is 0.706. The molecule has 1 aliphatic rings. The number of rotatable bonds is 4. The molecule has 4 heteroatoms. The van der Waals surface area contributed by atoms with Crippen molar-refractivity contribution in [2.45, 2.75) is 34.1 Å². The second-order valence-corrected chi connectivity index (χ2v) is 4.64. The Hall–Kier alpha value is -1.32. The second kappa shape index (κ2) is 5.34. The van der Waals surface area contributed by atoms with E-state index < -0.39 is 11.3 Å². The van der Waals surface area contributed by atoms with E-state index >= 15 is 0 Å². The average Bonchev–Trinajstić information content (AvgIpc) is 2.24. The van der Waals surface area contributed by atoms with Gasteiger partial charge < -0.3 is 9.47 Å². The fraction of sp³-hybridized carbons (Fsp3) is 0.692. The highest BCUT2D eigenvalue weighted by atomic mass is 16.5. The molecule has 0 aromatic heterocycles. The Labute approximate surface area is 102 Å². The molecule has 0 saturated carbocycles. The van der Waals surface area contributed by atoms with E-state index in [9.17, 15) is 9.59 Å². The molecule has 17 heavy (non-hydrogen) atoms. The van der Waals surface area contributed by atoms with Crippen LogP contribution < -0.4 is 0 Å². The Morgan fingerprint density at radius 3 is 2.59 bits per heavy atom. The summed E-state index contributed by atoms with van der Waals surface area (Å²) in [5.74, 6) is -0.280. The standard InChI is InChI=1S/C13H20O4/c1-5-16-11-8-9(14)7-10(13(11,3)4)12(15)17-6-2/h8,10H,5-7H2,1-4H3. The molecule has 1 aliphatic carbocycles. The van der Waals surface area contributed by atoms with Crippen molar-refractivity contribution in [3.05, 3.63) is 11.8 Å². The molecule has 0 radical (unpaired) electrons. The number of allylic oxidation sites excluding steroid dienone is 2. The first-order chi connectivity index (χ1) is 7.93. The molecular weight excluding hydrogens is 220 g/mol. The lowest BCUT2D eigenvalue weighted by molar-refractivity contribution is -0.154. The summed E-state index contributed by atoms with van der Waals surface area (Å²) in [6.07, 6.45) is 1.70. The largest absolute Gasteiger partial charge is 0.497 e. The van der Waals surface area contributed by atoms with Crippen LogP contribution >= 0.6 is 0 Å². The Morgan fingerprint density at radius 1 is 1.41 bits per heavy atom. The Morgan fingerprint density at radius 2 is 2.06 bits per heavy atom. The van der Waals surface area contributed by atoms with Gasteiger partial charge in [0.05, 0.1) is 19.1 Å². The highest BCUT2D eigenvalue weighted by Gasteiger charge is 2.44. The van der Waals surface area contributed by atoms with Gasteiger partial charge in [-0.25, -0.2) is 0 Å². The van der Waals surface area contributed by atoms with E-state index in [1.54, 1.807) is 6.92 Å². The normalized spacial score (nSPS) is 22.9. The molecule has 0 saturated heterocycles. The van der Waals surface area contributed by atoms with Gasteiger partial charge in [-0.3, -0.25) is 9.59 Å².